The third kappa shape index (κ3) is 9.18. The molecule has 0 bridgehead atoms. The van der Waals surface area contributed by atoms with Gasteiger partial charge >= 0.3 is 6.03 Å². The van der Waals surface area contributed by atoms with E-state index in [2.05, 4.69) is 15.6 Å². The number of primary amides is 1. The number of carbonyl (C=O) groups is 2. The van der Waals surface area contributed by atoms with Crippen molar-refractivity contribution >= 4 is 34.1 Å². The minimum absolute atomic E-state index is 0.201. The molecule has 0 aliphatic carbocycles. The molecule has 0 saturated heterocycles. The highest BCUT2D eigenvalue weighted by Gasteiger charge is 2.31. The van der Waals surface area contributed by atoms with Crippen LogP contribution in [-0.2, 0) is 11.8 Å². The number of amides is 3. The molecular weight excluding hydrogens is 692 g/mol. The van der Waals surface area contributed by atoms with Crippen LogP contribution in [0.5, 0.6) is 28.7 Å². The summed E-state index contributed by atoms with van der Waals surface area (Å²) < 4.78 is 23.4. The van der Waals surface area contributed by atoms with E-state index in [4.69, 9.17) is 24.7 Å². The van der Waals surface area contributed by atoms with Gasteiger partial charge in [0.05, 0.1) is 50.8 Å². The van der Waals surface area contributed by atoms with Crippen molar-refractivity contribution in [1.29, 1.82) is 0 Å². The lowest BCUT2D eigenvalue weighted by Crippen LogP contribution is -2.39. The summed E-state index contributed by atoms with van der Waals surface area (Å²) in [6.07, 6.45) is 2.04. The molecular formula is C41H46N4O9. The number of methoxy groups -OCH3 is 2. The van der Waals surface area contributed by atoms with Crippen molar-refractivity contribution in [2.24, 2.45) is 11.1 Å². The lowest BCUT2D eigenvalue weighted by atomic mass is 9.86. The first-order chi connectivity index (χ1) is 25.8. The van der Waals surface area contributed by atoms with Gasteiger partial charge in [-0.2, -0.15) is 0 Å². The molecule has 5 aromatic rings. The van der Waals surface area contributed by atoms with Gasteiger partial charge in [-0.25, -0.2) is 4.79 Å². The number of benzene rings is 4. The maximum Gasteiger partial charge on any atom is 0.323 e. The number of rotatable bonds is 15. The van der Waals surface area contributed by atoms with E-state index in [-0.39, 0.29) is 23.5 Å². The molecule has 0 fully saturated rings. The number of pyridine rings is 1. The van der Waals surface area contributed by atoms with Crippen LogP contribution in [0.2, 0.25) is 0 Å². The Morgan fingerprint density at radius 3 is 2.13 bits per heavy atom. The summed E-state index contributed by atoms with van der Waals surface area (Å²) in [5.74, 6) is 1.55. The van der Waals surface area contributed by atoms with Gasteiger partial charge in [0.25, 0.3) is 0 Å². The average Bonchev–Trinajstić information content (AvgIpc) is 3.16. The summed E-state index contributed by atoms with van der Waals surface area (Å²) in [4.78, 5) is 29.9. The van der Waals surface area contributed by atoms with Gasteiger partial charge in [-0.05, 0) is 65.1 Å². The number of nitrogens with two attached hydrogens (primary N) is 1. The van der Waals surface area contributed by atoms with Crippen molar-refractivity contribution in [3.8, 4) is 28.7 Å². The molecule has 0 aliphatic rings. The van der Waals surface area contributed by atoms with Crippen LogP contribution < -0.4 is 35.3 Å². The first kappa shape index (κ1) is 39.3. The first-order valence-electron chi connectivity index (χ1n) is 17.2. The van der Waals surface area contributed by atoms with Gasteiger partial charge in [-0.1, -0.05) is 45.0 Å². The van der Waals surface area contributed by atoms with Crippen LogP contribution in [0.4, 0.5) is 16.2 Å². The van der Waals surface area contributed by atoms with Gasteiger partial charge in [-0.3, -0.25) is 9.78 Å². The topological polar surface area (TPSA) is 195 Å². The van der Waals surface area contributed by atoms with Gasteiger partial charge in [0.1, 0.15) is 23.9 Å². The van der Waals surface area contributed by atoms with E-state index >= 15 is 0 Å². The number of ether oxygens (including phenoxy) is 4. The molecule has 3 amide bonds. The van der Waals surface area contributed by atoms with Crippen molar-refractivity contribution in [1.82, 2.24) is 4.98 Å². The number of urea groups is 1. The standard InChI is InChI=1S/C41H46N4O9/c1-40(2,3)27-18-34(37(52-5)36(19-27)53-24-41(21-46,22-47)23-48)45-39(50)44-33-10-11-35(32-9-7-6-8-31(32)33)54-29-12-13-43-28(20-29)15-25-14-26(38(42)49)17-30(16-25)51-4/h6-14,16-20,46-48H,15,21-24H2,1-5H3,(H2,42,49)(H2,44,45,50). The molecule has 0 aliphatic heterocycles. The van der Waals surface area contributed by atoms with Gasteiger partial charge in [-0.15, -0.1) is 0 Å². The Bertz CT molecular complexity index is 2120. The Morgan fingerprint density at radius 2 is 1.48 bits per heavy atom. The zero-order chi connectivity index (χ0) is 39.0. The van der Waals surface area contributed by atoms with E-state index < -0.39 is 37.2 Å². The maximum atomic E-state index is 13.6. The number of hydrogen-bond donors (Lipinski definition) is 6. The first-order valence-corrected chi connectivity index (χ1v) is 17.2. The second-order valence-electron chi connectivity index (χ2n) is 14.0. The Labute approximate surface area is 313 Å². The lowest BCUT2D eigenvalue weighted by Gasteiger charge is -2.29. The fourth-order valence-electron chi connectivity index (χ4n) is 5.68. The van der Waals surface area contributed by atoms with E-state index in [1.807, 2.05) is 57.2 Å². The predicted molar refractivity (Wildman–Crippen MR) is 206 cm³/mol. The summed E-state index contributed by atoms with van der Waals surface area (Å²) >= 11 is 0. The van der Waals surface area contributed by atoms with Crippen LogP contribution in [0.15, 0.2) is 85.1 Å². The molecule has 4 aromatic carbocycles. The molecule has 1 aromatic heterocycles. The molecule has 13 nitrogen and oxygen atoms in total. The second-order valence-corrected chi connectivity index (χ2v) is 14.0. The minimum atomic E-state index is -1.28. The largest absolute Gasteiger partial charge is 0.497 e. The molecule has 5 rings (SSSR count). The Kier molecular flexibility index (Phi) is 12.3. The van der Waals surface area contributed by atoms with Crippen LogP contribution in [0.3, 0.4) is 0 Å². The van der Waals surface area contributed by atoms with Crippen molar-refractivity contribution in [2.45, 2.75) is 32.6 Å². The Hall–Kier alpha value is -5.89. The SMILES string of the molecule is COc1cc(Cc2cc(Oc3ccc(NC(=O)Nc4cc(C(C)(C)C)cc(OCC(CO)(CO)CO)c4OC)c4ccccc34)ccn2)cc(C(N)=O)c1. The lowest BCUT2D eigenvalue weighted by molar-refractivity contribution is -0.0263. The number of aromatic nitrogens is 1. The summed E-state index contributed by atoms with van der Waals surface area (Å²) in [7, 11) is 2.96. The molecule has 13 heteroatoms. The van der Waals surface area contributed by atoms with E-state index in [9.17, 15) is 24.9 Å². The fourth-order valence-corrected chi connectivity index (χ4v) is 5.68. The Balaban J connectivity index is 1.38. The van der Waals surface area contributed by atoms with E-state index in [0.717, 1.165) is 21.9 Å². The second kappa shape index (κ2) is 16.8. The summed E-state index contributed by atoms with van der Waals surface area (Å²) in [5.41, 5.74) is 7.38. The van der Waals surface area contributed by atoms with E-state index in [1.165, 1.54) is 14.2 Å². The number of carbonyl (C=O) groups excluding carboxylic acids is 2. The maximum absolute atomic E-state index is 13.6. The molecule has 0 radical (unpaired) electrons. The van der Waals surface area contributed by atoms with Gasteiger partial charge < -0.3 is 50.6 Å². The number of nitrogens with zero attached hydrogens (tertiary/aromatic N) is 1. The van der Waals surface area contributed by atoms with E-state index in [1.54, 1.807) is 48.7 Å². The zero-order valence-corrected chi connectivity index (χ0v) is 30.9. The number of fused-ring (bicyclic) bond motifs is 1. The van der Waals surface area contributed by atoms with Gasteiger partial charge in [0.15, 0.2) is 11.5 Å². The normalized spacial score (nSPS) is 11.6. The molecule has 0 spiro atoms. The van der Waals surface area contributed by atoms with Crippen LogP contribution in [0.1, 0.15) is 48.0 Å². The summed E-state index contributed by atoms with van der Waals surface area (Å²) in [6, 6.07) is 22.7. The van der Waals surface area contributed by atoms with Crippen molar-refractivity contribution < 1.29 is 43.9 Å². The highest BCUT2D eigenvalue weighted by Crippen LogP contribution is 2.41. The number of aliphatic hydroxyl groups excluding tert-OH is 3. The predicted octanol–water partition coefficient (Wildman–Crippen LogP) is 6.02. The third-order valence-electron chi connectivity index (χ3n) is 8.93. The Morgan fingerprint density at radius 1 is 0.778 bits per heavy atom. The molecule has 284 valence electrons. The van der Waals surface area contributed by atoms with E-state index in [0.29, 0.717) is 46.3 Å². The van der Waals surface area contributed by atoms with Gasteiger partial charge in [0.2, 0.25) is 5.91 Å². The quantitative estimate of drug-likeness (QED) is 0.0740. The van der Waals surface area contributed by atoms with Gasteiger partial charge in [0, 0.05) is 40.7 Å². The molecule has 0 saturated carbocycles. The van der Waals surface area contributed by atoms with Crippen molar-refractivity contribution in [2.75, 3.05) is 51.3 Å². The molecule has 0 atom stereocenters. The fraction of sp³-hybridized carbons (Fsp3) is 0.293. The number of aliphatic hydroxyl groups is 3. The molecule has 54 heavy (non-hydrogen) atoms. The highest BCUT2D eigenvalue weighted by atomic mass is 16.5. The van der Waals surface area contributed by atoms with Crippen molar-refractivity contribution in [3.63, 3.8) is 0 Å². The monoisotopic (exact) mass is 738 g/mol. The zero-order valence-electron chi connectivity index (χ0n) is 30.9. The molecule has 1 heterocycles. The summed E-state index contributed by atoms with van der Waals surface area (Å²) in [6.45, 7) is 4.32. The minimum Gasteiger partial charge on any atom is -0.497 e. The number of hydrogen-bond acceptors (Lipinski definition) is 10. The third-order valence-corrected chi connectivity index (χ3v) is 8.93. The van der Waals surface area contributed by atoms with Crippen LogP contribution >= 0.6 is 0 Å². The van der Waals surface area contributed by atoms with Crippen LogP contribution in [0.25, 0.3) is 10.8 Å². The van der Waals surface area contributed by atoms with Crippen LogP contribution in [-0.4, -0.2) is 72.9 Å². The summed E-state index contributed by atoms with van der Waals surface area (Å²) in [5, 5.41) is 36.8. The number of nitrogens with one attached hydrogen (secondary N) is 2. The highest BCUT2D eigenvalue weighted by molar-refractivity contribution is 6.08. The number of anilines is 2. The molecule has 0 unspecified atom stereocenters. The molecule has 7 N–H and O–H groups in total. The smallest absolute Gasteiger partial charge is 0.323 e. The average molecular weight is 739 g/mol. The van der Waals surface area contributed by atoms with Crippen LogP contribution in [0, 0.1) is 5.41 Å². The van der Waals surface area contributed by atoms with Crippen molar-refractivity contribution in [3.05, 3.63) is 107 Å².